The third-order valence-corrected chi connectivity index (χ3v) is 15.7. The first-order chi connectivity index (χ1) is 24.2. The number of aryl methyl sites for hydroxylation is 1. The summed E-state index contributed by atoms with van der Waals surface area (Å²) in [6.45, 7) is 25.9. The van der Waals surface area contributed by atoms with E-state index in [4.69, 9.17) is 28.8 Å². The molecule has 0 amide bonds. The highest BCUT2D eigenvalue weighted by Gasteiger charge is 2.37. The molecule has 0 N–H and O–H groups in total. The first-order valence-electron chi connectivity index (χ1n) is 18.1. The number of rotatable bonds is 16. The van der Waals surface area contributed by atoms with Gasteiger partial charge in [0.25, 0.3) is 0 Å². The zero-order valence-corrected chi connectivity index (χ0v) is 34.9. The van der Waals surface area contributed by atoms with Gasteiger partial charge in [0.05, 0.1) is 52.0 Å². The van der Waals surface area contributed by atoms with Crippen molar-refractivity contribution in [3.8, 4) is 22.9 Å². The predicted octanol–water partition coefficient (Wildman–Crippen LogP) is 8.43. The van der Waals surface area contributed by atoms with Crippen molar-refractivity contribution in [2.75, 3.05) is 32.9 Å². The quantitative estimate of drug-likeness (QED) is 0.0821. The highest BCUT2D eigenvalue weighted by Crippen LogP contribution is 2.38. The van der Waals surface area contributed by atoms with Crippen LogP contribution in [0.1, 0.15) is 78.4 Å². The van der Waals surface area contributed by atoms with E-state index in [9.17, 15) is 0 Å². The Balaban J connectivity index is 1.34. The number of halogens is 2. The fraction of sp³-hybridized carbons (Fsp3) is 0.595. The number of hydrogen-bond acceptors (Lipinski definition) is 8. The van der Waals surface area contributed by atoms with Crippen LogP contribution in [0.25, 0.3) is 28.1 Å². The molecule has 0 saturated carbocycles. The van der Waals surface area contributed by atoms with Gasteiger partial charge in [0, 0.05) is 43.8 Å². The second-order valence-electron chi connectivity index (χ2n) is 14.8. The molecule has 51 heavy (non-hydrogen) atoms. The number of hydrogen-bond donors (Lipinski definition) is 0. The van der Waals surface area contributed by atoms with E-state index < -0.39 is 8.32 Å². The number of fused-ring (bicyclic) bond motifs is 1. The van der Waals surface area contributed by atoms with Gasteiger partial charge < -0.3 is 18.6 Å². The smallest absolute Gasteiger partial charge is 0.246 e. The lowest BCUT2D eigenvalue weighted by Gasteiger charge is -2.36. The first kappa shape index (κ1) is 39.4. The van der Waals surface area contributed by atoms with Crippen molar-refractivity contribution in [1.82, 2.24) is 34.2 Å². The lowest BCUT2D eigenvalue weighted by molar-refractivity contribution is -0.0367. The maximum Gasteiger partial charge on any atom is 0.246 e. The Labute approximate surface area is 316 Å². The molecule has 0 bridgehead atoms. The second-order valence-corrected chi connectivity index (χ2v) is 20.7. The molecular weight excluding hydrogens is 780 g/mol. The molecule has 1 aliphatic heterocycles. The van der Waals surface area contributed by atoms with Crippen molar-refractivity contribution in [3.63, 3.8) is 0 Å². The van der Waals surface area contributed by atoms with Crippen LogP contribution < -0.4 is 9.47 Å². The van der Waals surface area contributed by atoms with Gasteiger partial charge in [0.2, 0.25) is 11.8 Å². The van der Waals surface area contributed by atoms with E-state index in [0.29, 0.717) is 73.6 Å². The number of likely N-dealkylation sites (N-methyl/N-ethyl adjacent to an activating group) is 1. The highest BCUT2D eigenvalue weighted by molar-refractivity contribution is 14.1. The van der Waals surface area contributed by atoms with Gasteiger partial charge >= 0.3 is 0 Å². The van der Waals surface area contributed by atoms with Gasteiger partial charge in [-0.25, -0.2) is 13.8 Å². The van der Waals surface area contributed by atoms with Crippen molar-refractivity contribution in [3.05, 3.63) is 45.7 Å². The molecule has 3 aromatic heterocycles. The molecule has 1 unspecified atom stereocenters. The van der Waals surface area contributed by atoms with Crippen LogP contribution >= 0.6 is 22.6 Å². The number of benzene rings is 1. The Morgan fingerprint density at radius 2 is 1.96 bits per heavy atom. The lowest BCUT2D eigenvalue weighted by Crippen LogP contribution is -2.41. The van der Waals surface area contributed by atoms with Crippen molar-refractivity contribution in [2.45, 2.75) is 104 Å². The van der Waals surface area contributed by atoms with E-state index in [1.165, 1.54) is 0 Å². The van der Waals surface area contributed by atoms with E-state index >= 15 is 4.39 Å². The average Bonchev–Trinajstić information content (AvgIpc) is 3.72. The summed E-state index contributed by atoms with van der Waals surface area (Å²) in [7, 11) is -0.0834. The van der Waals surface area contributed by atoms with Gasteiger partial charge in [0.1, 0.15) is 11.9 Å². The Morgan fingerprint density at radius 1 is 1.20 bits per heavy atom. The molecule has 5 rings (SSSR count). The molecule has 14 heteroatoms. The van der Waals surface area contributed by atoms with Crippen LogP contribution in [-0.4, -0.2) is 81.6 Å². The molecule has 0 radical (unpaired) electrons. The Bertz CT molecular complexity index is 1810. The maximum atomic E-state index is 16.0. The van der Waals surface area contributed by atoms with Crippen molar-refractivity contribution < 1.29 is 23.0 Å². The minimum absolute atomic E-state index is 0.133. The van der Waals surface area contributed by atoms with Gasteiger partial charge in [-0.05, 0) is 92.5 Å². The first-order valence-corrected chi connectivity index (χ1v) is 22.1. The van der Waals surface area contributed by atoms with Gasteiger partial charge in [-0.2, -0.15) is 10.2 Å². The number of nitrogens with zero attached hydrogens (tertiary/aromatic N) is 7. The summed E-state index contributed by atoms with van der Waals surface area (Å²) >= 11 is 2.35. The third kappa shape index (κ3) is 8.72. The summed E-state index contributed by atoms with van der Waals surface area (Å²) in [6, 6.07) is 3.37. The summed E-state index contributed by atoms with van der Waals surface area (Å²) < 4.78 is 47.5. The molecule has 2 atom stereocenters. The fourth-order valence-electron chi connectivity index (χ4n) is 6.15. The minimum atomic E-state index is -1.90. The molecule has 280 valence electrons. The monoisotopic (exact) mass is 835 g/mol. The largest absolute Gasteiger partial charge is 0.476 e. The summed E-state index contributed by atoms with van der Waals surface area (Å²) in [4.78, 5) is 2.32. The molecule has 4 heterocycles. The molecule has 0 aliphatic carbocycles. The molecule has 0 spiro atoms. The van der Waals surface area contributed by atoms with E-state index in [-0.39, 0.29) is 23.2 Å². The van der Waals surface area contributed by atoms with Gasteiger partial charge in [-0.3, -0.25) is 9.58 Å². The standard InChI is InChI=1S/C37H55FIN7O4Si/c1-11-30-27-20-26(29(38)21-31(27)46(41-30)33-16-14-15-18-48-33)28-22-40-43(8)36(28)50-25(4)23-44(12-2)24-32-34(39)35(47-13-3)42-45(32)17-19-49-51(9,10)37(5,6)7/h11,20-22,25,33H,1,12-19,23-24H2,2-10H3/t25-,33?/m1/s1. The topological polar surface area (TPSA) is 93.6 Å². The fourth-order valence-corrected chi connectivity index (χ4v) is 7.90. The van der Waals surface area contributed by atoms with Gasteiger partial charge in [-0.15, -0.1) is 5.10 Å². The predicted molar refractivity (Wildman–Crippen MR) is 211 cm³/mol. The normalized spacial score (nSPS) is 16.3. The molecule has 4 aromatic rings. The van der Waals surface area contributed by atoms with Crippen LogP contribution in [0, 0.1) is 9.39 Å². The van der Waals surface area contributed by atoms with Gasteiger partial charge in [0.15, 0.2) is 14.5 Å². The lowest BCUT2D eigenvalue weighted by atomic mass is 10.0. The van der Waals surface area contributed by atoms with E-state index in [2.05, 4.69) is 80.0 Å². The summed E-state index contributed by atoms with van der Waals surface area (Å²) in [6.07, 6.45) is 5.82. The van der Waals surface area contributed by atoms with Crippen molar-refractivity contribution in [1.29, 1.82) is 0 Å². The highest BCUT2D eigenvalue weighted by atomic mass is 127. The zero-order chi connectivity index (χ0) is 37.1. The zero-order valence-electron chi connectivity index (χ0n) is 31.8. The number of aromatic nitrogens is 6. The van der Waals surface area contributed by atoms with Crippen LogP contribution in [-0.2, 0) is 29.3 Å². The summed E-state index contributed by atoms with van der Waals surface area (Å²) in [5.41, 5.74) is 3.44. The van der Waals surface area contributed by atoms with Crippen LogP contribution in [0.4, 0.5) is 4.39 Å². The molecule has 11 nitrogen and oxygen atoms in total. The molecular formula is C37H55FIN7O4Si. The van der Waals surface area contributed by atoms with Crippen molar-refractivity contribution >= 4 is 47.9 Å². The van der Waals surface area contributed by atoms with Crippen molar-refractivity contribution in [2.24, 2.45) is 7.05 Å². The van der Waals surface area contributed by atoms with Crippen LogP contribution in [0.5, 0.6) is 11.8 Å². The third-order valence-electron chi connectivity index (χ3n) is 10.1. The van der Waals surface area contributed by atoms with Crippen LogP contribution in [0.2, 0.25) is 18.1 Å². The molecule has 1 saturated heterocycles. The summed E-state index contributed by atoms with van der Waals surface area (Å²) in [5.74, 6) is 0.776. The maximum absolute atomic E-state index is 16.0. The minimum Gasteiger partial charge on any atom is -0.476 e. The van der Waals surface area contributed by atoms with E-state index in [0.717, 1.165) is 40.5 Å². The Hall–Kier alpha value is -2.79. The average molecular weight is 836 g/mol. The van der Waals surface area contributed by atoms with Gasteiger partial charge in [-0.1, -0.05) is 34.3 Å². The van der Waals surface area contributed by atoms with E-state index in [1.807, 2.05) is 31.6 Å². The molecule has 1 fully saturated rings. The van der Waals surface area contributed by atoms with Crippen LogP contribution in [0.3, 0.4) is 0 Å². The molecule has 1 aliphatic rings. The Morgan fingerprint density at radius 3 is 2.61 bits per heavy atom. The summed E-state index contributed by atoms with van der Waals surface area (Å²) in [5, 5.41) is 15.0. The Kier molecular flexibility index (Phi) is 12.7. The SMILES string of the molecule is C=Cc1nn(C2CCCCO2)c2cc(F)c(-c3cnn(C)c3O[C@H](C)CN(CC)Cc3c(I)c(OCC)nn3CCO[Si](C)(C)C(C)(C)C)cc12. The van der Waals surface area contributed by atoms with E-state index in [1.54, 1.807) is 27.7 Å². The molecule has 1 aromatic carbocycles. The second kappa shape index (κ2) is 16.5. The van der Waals surface area contributed by atoms with Crippen LogP contribution in [0.15, 0.2) is 24.9 Å². The number of ether oxygens (including phenoxy) is 3.